The summed E-state index contributed by atoms with van der Waals surface area (Å²) in [5, 5.41) is 6.61. The average Bonchev–Trinajstić information content (AvgIpc) is 2.93. The second kappa shape index (κ2) is 6.59. The lowest BCUT2D eigenvalue weighted by atomic mass is 10.2. The van der Waals surface area contributed by atoms with E-state index in [-0.39, 0.29) is 0 Å². The van der Waals surface area contributed by atoms with E-state index in [2.05, 4.69) is 45.3 Å². The van der Waals surface area contributed by atoms with Gasteiger partial charge in [-0.1, -0.05) is 30.3 Å². The molecule has 0 unspecified atom stereocenters. The Morgan fingerprint density at radius 2 is 1.81 bits per heavy atom. The highest BCUT2D eigenvalue weighted by Crippen LogP contribution is 2.09. The van der Waals surface area contributed by atoms with Crippen molar-refractivity contribution in [3.05, 3.63) is 59.5 Å². The van der Waals surface area contributed by atoms with Crippen LogP contribution in [0.25, 0.3) is 0 Å². The molecule has 0 atom stereocenters. The van der Waals surface area contributed by atoms with Crippen molar-refractivity contribution in [2.45, 2.75) is 13.5 Å². The van der Waals surface area contributed by atoms with Crippen molar-refractivity contribution in [1.82, 2.24) is 9.91 Å². The van der Waals surface area contributed by atoms with Crippen LogP contribution in [0.5, 0.6) is 0 Å². The van der Waals surface area contributed by atoms with Crippen LogP contribution in [-0.4, -0.2) is 42.3 Å². The molecule has 4 heteroatoms. The third kappa shape index (κ3) is 3.95. The first kappa shape index (κ1) is 13.9. The standard InChI is InChI=1S/C17H21N3O/c1-15-7-8-17(21-15)13-18-20-11-9-19(10-12-20)14-16-5-3-2-4-6-16/h2-8,13H,9-12,14H2,1H3/b18-13-. The molecule has 4 nitrogen and oxygen atoms in total. The Kier molecular flexibility index (Phi) is 4.36. The summed E-state index contributed by atoms with van der Waals surface area (Å²) in [4.78, 5) is 2.47. The summed E-state index contributed by atoms with van der Waals surface area (Å²) in [5.74, 6) is 1.74. The van der Waals surface area contributed by atoms with Gasteiger partial charge in [0.25, 0.3) is 0 Å². The van der Waals surface area contributed by atoms with Gasteiger partial charge in [-0.05, 0) is 24.6 Å². The van der Waals surface area contributed by atoms with Crippen LogP contribution >= 0.6 is 0 Å². The number of rotatable bonds is 4. The third-order valence-corrected chi connectivity index (χ3v) is 3.71. The van der Waals surface area contributed by atoms with Gasteiger partial charge in [0, 0.05) is 32.7 Å². The average molecular weight is 283 g/mol. The summed E-state index contributed by atoms with van der Waals surface area (Å²) >= 11 is 0. The van der Waals surface area contributed by atoms with Gasteiger partial charge < -0.3 is 4.42 Å². The molecule has 1 saturated heterocycles. The first-order valence-corrected chi connectivity index (χ1v) is 7.41. The Balaban J connectivity index is 1.48. The molecule has 21 heavy (non-hydrogen) atoms. The second-order valence-corrected chi connectivity index (χ2v) is 5.41. The molecule has 110 valence electrons. The van der Waals surface area contributed by atoms with Crippen LogP contribution in [0.15, 0.2) is 52.0 Å². The summed E-state index contributed by atoms with van der Waals surface area (Å²) in [6.45, 7) is 6.98. The predicted octanol–water partition coefficient (Wildman–Crippen LogP) is 2.74. The van der Waals surface area contributed by atoms with Crippen molar-refractivity contribution in [3.63, 3.8) is 0 Å². The molecular formula is C17H21N3O. The smallest absolute Gasteiger partial charge is 0.147 e. The molecule has 1 aliphatic heterocycles. The maximum absolute atomic E-state index is 5.49. The molecule has 1 fully saturated rings. The summed E-state index contributed by atoms with van der Waals surface area (Å²) < 4.78 is 5.49. The quantitative estimate of drug-likeness (QED) is 0.809. The number of hydrogen-bond donors (Lipinski definition) is 0. The van der Waals surface area contributed by atoms with E-state index in [0.717, 1.165) is 44.2 Å². The number of nitrogens with zero attached hydrogens (tertiary/aromatic N) is 3. The minimum atomic E-state index is 0.819. The molecule has 1 aromatic carbocycles. The van der Waals surface area contributed by atoms with E-state index in [9.17, 15) is 0 Å². The van der Waals surface area contributed by atoms with E-state index in [1.807, 2.05) is 19.1 Å². The minimum Gasteiger partial charge on any atom is -0.460 e. The zero-order valence-corrected chi connectivity index (χ0v) is 12.4. The summed E-state index contributed by atoms with van der Waals surface area (Å²) in [5.41, 5.74) is 1.38. The van der Waals surface area contributed by atoms with Gasteiger partial charge in [-0.3, -0.25) is 9.91 Å². The maximum Gasteiger partial charge on any atom is 0.147 e. The van der Waals surface area contributed by atoms with E-state index in [4.69, 9.17) is 4.42 Å². The van der Waals surface area contributed by atoms with Crippen LogP contribution in [0.4, 0.5) is 0 Å². The van der Waals surface area contributed by atoms with E-state index in [1.165, 1.54) is 5.56 Å². The molecule has 2 heterocycles. The van der Waals surface area contributed by atoms with Crippen molar-refractivity contribution in [2.75, 3.05) is 26.2 Å². The number of furan rings is 1. The number of hydrazone groups is 1. The Labute approximate surface area is 125 Å². The van der Waals surface area contributed by atoms with Crippen molar-refractivity contribution in [2.24, 2.45) is 5.10 Å². The van der Waals surface area contributed by atoms with Crippen molar-refractivity contribution in [3.8, 4) is 0 Å². The van der Waals surface area contributed by atoms with E-state index in [1.54, 1.807) is 6.21 Å². The van der Waals surface area contributed by atoms with E-state index in [0.29, 0.717) is 0 Å². The Morgan fingerprint density at radius 1 is 1.05 bits per heavy atom. The fourth-order valence-electron chi connectivity index (χ4n) is 2.51. The predicted molar refractivity (Wildman–Crippen MR) is 84.3 cm³/mol. The Morgan fingerprint density at radius 3 is 2.48 bits per heavy atom. The van der Waals surface area contributed by atoms with Crippen LogP contribution in [0.1, 0.15) is 17.1 Å². The van der Waals surface area contributed by atoms with Crippen molar-refractivity contribution < 1.29 is 4.42 Å². The van der Waals surface area contributed by atoms with Gasteiger partial charge in [0.05, 0.1) is 6.21 Å². The monoisotopic (exact) mass is 283 g/mol. The first-order chi connectivity index (χ1) is 10.3. The van der Waals surface area contributed by atoms with Crippen LogP contribution in [0, 0.1) is 6.92 Å². The lowest BCUT2D eigenvalue weighted by Gasteiger charge is -2.32. The molecule has 0 N–H and O–H groups in total. The number of hydrogen-bond acceptors (Lipinski definition) is 4. The van der Waals surface area contributed by atoms with Crippen molar-refractivity contribution in [1.29, 1.82) is 0 Å². The van der Waals surface area contributed by atoms with Gasteiger partial charge in [0.15, 0.2) is 0 Å². The highest BCUT2D eigenvalue weighted by atomic mass is 16.3. The fraction of sp³-hybridized carbons (Fsp3) is 0.353. The molecule has 0 bridgehead atoms. The summed E-state index contributed by atoms with van der Waals surface area (Å²) in [6, 6.07) is 14.5. The van der Waals surface area contributed by atoms with E-state index < -0.39 is 0 Å². The molecule has 1 aromatic heterocycles. The minimum absolute atomic E-state index is 0.819. The fourth-order valence-corrected chi connectivity index (χ4v) is 2.51. The highest BCUT2D eigenvalue weighted by Gasteiger charge is 2.15. The van der Waals surface area contributed by atoms with Gasteiger partial charge >= 0.3 is 0 Å². The number of benzene rings is 1. The molecule has 1 aliphatic rings. The molecule has 0 aliphatic carbocycles. The van der Waals surface area contributed by atoms with Gasteiger partial charge in [0.1, 0.15) is 11.5 Å². The lowest BCUT2D eigenvalue weighted by molar-refractivity contribution is 0.131. The third-order valence-electron chi connectivity index (χ3n) is 3.71. The molecule has 0 amide bonds. The molecule has 2 aromatic rings. The molecule has 0 radical (unpaired) electrons. The zero-order chi connectivity index (χ0) is 14.5. The molecule has 0 saturated carbocycles. The largest absolute Gasteiger partial charge is 0.460 e. The van der Waals surface area contributed by atoms with Crippen molar-refractivity contribution >= 4 is 6.21 Å². The molecular weight excluding hydrogens is 262 g/mol. The van der Waals surface area contributed by atoms with Crippen LogP contribution in [0.3, 0.4) is 0 Å². The van der Waals surface area contributed by atoms with Gasteiger partial charge in [-0.2, -0.15) is 5.10 Å². The SMILES string of the molecule is Cc1ccc(/C=N\N2CCN(Cc3ccccc3)CC2)o1. The van der Waals surface area contributed by atoms with Gasteiger partial charge in [0.2, 0.25) is 0 Å². The van der Waals surface area contributed by atoms with Crippen LogP contribution in [-0.2, 0) is 6.54 Å². The number of aryl methyl sites for hydroxylation is 1. The Bertz CT molecular complexity index is 583. The first-order valence-electron chi connectivity index (χ1n) is 7.41. The number of piperazine rings is 1. The Hall–Kier alpha value is -2.07. The van der Waals surface area contributed by atoms with Gasteiger partial charge in [-0.15, -0.1) is 0 Å². The van der Waals surface area contributed by atoms with Crippen LogP contribution < -0.4 is 0 Å². The second-order valence-electron chi connectivity index (χ2n) is 5.41. The summed E-state index contributed by atoms with van der Waals surface area (Å²) in [7, 11) is 0. The maximum atomic E-state index is 5.49. The van der Waals surface area contributed by atoms with Crippen LogP contribution in [0.2, 0.25) is 0 Å². The zero-order valence-electron chi connectivity index (χ0n) is 12.4. The van der Waals surface area contributed by atoms with E-state index >= 15 is 0 Å². The highest BCUT2D eigenvalue weighted by molar-refractivity contribution is 5.75. The normalized spacial score (nSPS) is 16.7. The molecule has 0 spiro atoms. The summed E-state index contributed by atoms with van der Waals surface area (Å²) in [6.07, 6.45) is 1.81. The topological polar surface area (TPSA) is 32.0 Å². The molecule has 3 rings (SSSR count). The van der Waals surface area contributed by atoms with Gasteiger partial charge in [-0.25, -0.2) is 0 Å². The lowest BCUT2D eigenvalue weighted by Crippen LogP contribution is -2.43.